The van der Waals surface area contributed by atoms with Gasteiger partial charge < -0.3 is 20.7 Å². The van der Waals surface area contributed by atoms with Crippen LogP contribution in [0.15, 0.2) is 55.0 Å². The molecular weight excluding hydrogens is 340 g/mol. The van der Waals surface area contributed by atoms with Gasteiger partial charge in [0.15, 0.2) is 0 Å². The Morgan fingerprint density at radius 2 is 1.96 bits per heavy atom. The molecule has 0 aliphatic carbocycles. The Kier molecular flexibility index (Phi) is 3.54. The number of aliphatic hydroxyl groups is 1. The topological polar surface area (TPSA) is 104 Å². The second-order valence-corrected chi connectivity index (χ2v) is 6.60. The number of nitrogen functional groups attached to an aromatic ring is 1. The van der Waals surface area contributed by atoms with E-state index >= 15 is 0 Å². The van der Waals surface area contributed by atoms with Gasteiger partial charge in [-0.2, -0.15) is 0 Å². The van der Waals surface area contributed by atoms with Crippen molar-refractivity contribution in [3.8, 4) is 11.3 Å². The van der Waals surface area contributed by atoms with Crippen molar-refractivity contribution in [3.63, 3.8) is 0 Å². The van der Waals surface area contributed by atoms with E-state index in [1.807, 2.05) is 30.5 Å². The molecule has 1 atom stereocenters. The number of benzene rings is 1. The summed E-state index contributed by atoms with van der Waals surface area (Å²) in [7, 11) is 0. The van der Waals surface area contributed by atoms with E-state index in [9.17, 15) is 5.11 Å². The van der Waals surface area contributed by atoms with Crippen LogP contribution < -0.4 is 10.6 Å². The molecule has 4 heterocycles. The second-order valence-electron chi connectivity index (χ2n) is 6.60. The molecule has 1 aromatic carbocycles. The fourth-order valence-corrected chi connectivity index (χ4v) is 3.90. The van der Waals surface area contributed by atoms with Gasteiger partial charge in [-0.1, -0.05) is 18.2 Å². The van der Waals surface area contributed by atoms with Gasteiger partial charge >= 0.3 is 0 Å². The number of para-hydroxylation sites is 1. The summed E-state index contributed by atoms with van der Waals surface area (Å²) in [6.07, 6.45) is 6.12. The maximum absolute atomic E-state index is 10.0. The average molecular weight is 358 g/mol. The first-order valence-electron chi connectivity index (χ1n) is 8.79. The van der Waals surface area contributed by atoms with Gasteiger partial charge in [0.2, 0.25) is 5.95 Å². The highest BCUT2D eigenvalue weighted by atomic mass is 16.3. The Morgan fingerprint density at radius 1 is 1.11 bits per heavy atom. The Labute approximate surface area is 155 Å². The first-order valence-corrected chi connectivity index (χ1v) is 8.79. The summed E-state index contributed by atoms with van der Waals surface area (Å²) in [6.45, 7) is 0.0682. The summed E-state index contributed by atoms with van der Waals surface area (Å²) < 4.78 is 0. The number of nitrogens with one attached hydrogen (secondary N) is 1. The van der Waals surface area contributed by atoms with Crippen molar-refractivity contribution in [1.29, 1.82) is 0 Å². The highest BCUT2D eigenvalue weighted by Gasteiger charge is 2.31. The third kappa shape index (κ3) is 2.43. The molecule has 3 aromatic heterocycles. The number of anilines is 3. The molecule has 7 heteroatoms. The molecule has 0 radical (unpaired) electrons. The van der Waals surface area contributed by atoms with Crippen LogP contribution in [0, 0.1) is 0 Å². The number of hydrogen-bond donors (Lipinski definition) is 3. The number of pyridine rings is 1. The molecule has 0 saturated carbocycles. The van der Waals surface area contributed by atoms with Crippen LogP contribution in [-0.2, 0) is 6.42 Å². The van der Waals surface area contributed by atoms with Crippen molar-refractivity contribution < 1.29 is 5.11 Å². The van der Waals surface area contributed by atoms with E-state index in [-0.39, 0.29) is 18.6 Å². The van der Waals surface area contributed by atoms with Crippen molar-refractivity contribution in [2.75, 3.05) is 17.2 Å². The third-order valence-electron chi connectivity index (χ3n) is 5.04. The Morgan fingerprint density at radius 3 is 2.81 bits per heavy atom. The van der Waals surface area contributed by atoms with E-state index in [0.29, 0.717) is 0 Å². The molecule has 0 amide bonds. The number of H-pyrrole nitrogens is 1. The van der Waals surface area contributed by atoms with Gasteiger partial charge in [0.1, 0.15) is 5.65 Å². The van der Waals surface area contributed by atoms with Crippen LogP contribution in [0.4, 0.5) is 17.3 Å². The maximum atomic E-state index is 10.0. The number of nitrogens with two attached hydrogens (primary N) is 1. The van der Waals surface area contributed by atoms with Gasteiger partial charge in [-0.3, -0.25) is 0 Å². The minimum absolute atomic E-state index is 0.0220. The Hall–Kier alpha value is -3.45. The molecule has 1 aliphatic rings. The lowest BCUT2D eigenvalue weighted by atomic mass is 10.1. The zero-order valence-electron chi connectivity index (χ0n) is 14.5. The monoisotopic (exact) mass is 358 g/mol. The molecule has 4 aromatic rings. The van der Waals surface area contributed by atoms with Crippen LogP contribution in [0.2, 0.25) is 0 Å². The van der Waals surface area contributed by atoms with Crippen LogP contribution >= 0.6 is 0 Å². The van der Waals surface area contributed by atoms with Crippen molar-refractivity contribution in [2.45, 2.75) is 12.5 Å². The number of aromatic nitrogens is 4. The summed E-state index contributed by atoms with van der Waals surface area (Å²) in [5.74, 6) is 0.229. The van der Waals surface area contributed by atoms with E-state index in [1.54, 1.807) is 12.4 Å². The van der Waals surface area contributed by atoms with Crippen LogP contribution in [0.25, 0.3) is 22.3 Å². The summed E-state index contributed by atoms with van der Waals surface area (Å²) in [6, 6.07) is 12.0. The number of aromatic amines is 1. The zero-order valence-corrected chi connectivity index (χ0v) is 14.5. The molecule has 4 N–H and O–H groups in total. The lowest BCUT2D eigenvalue weighted by Crippen LogP contribution is -2.30. The molecule has 0 bridgehead atoms. The zero-order chi connectivity index (χ0) is 18.4. The summed E-state index contributed by atoms with van der Waals surface area (Å²) in [5.41, 5.74) is 11.5. The first kappa shape index (κ1) is 15.8. The number of nitrogens with zero attached hydrogens (tertiary/aromatic N) is 4. The summed E-state index contributed by atoms with van der Waals surface area (Å²) in [5, 5.41) is 11.0. The fourth-order valence-electron chi connectivity index (χ4n) is 3.90. The van der Waals surface area contributed by atoms with Crippen LogP contribution in [0.3, 0.4) is 0 Å². The standard InChI is InChI=1S/C20H18N6O/c21-20-23-7-5-15(25-20)14-10-24-19-18(14)17(6-8-22-19)26-13(11-27)9-12-3-1-2-4-16(12)26/h1-8,10,13,27H,9,11H2,(H,22,24)(H2,21,23,25)/t13-/m0/s1. The second kappa shape index (κ2) is 6.07. The van der Waals surface area contributed by atoms with E-state index in [2.05, 4.69) is 37.0 Å². The third-order valence-corrected chi connectivity index (χ3v) is 5.04. The molecule has 1 aliphatic heterocycles. The highest BCUT2D eigenvalue weighted by molar-refractivity contribution is 6.03. The van der Waals surface area contributed by atoms with Gasteiger partial charge in [-0.15, -0.1) is 0 Å². The first-order chi connectivity index (χ1) is 13.3. The average Bonchev–Trinajstić information content (AvgIpc) is 3.29. The Balaban J connectivity index is 1.76. The lowest BCUT2D eigenvalue weighted by Gasteiger charge is -2.27. The highest BCUT2D eigenvalue weighted by Crippen LogP contribution is 2.43. The SMILES string of the molecule is Nc1nccc(-c2c[nH]c3nccc(N4c5ccccc5C[C@H]4CO)c23)n1. The van der Waals surface area contributed by atoms with Crippen molar-refractivity contribution in [1.82, 2.24) is 19.9 Å². The number of rotatable bonds is 3. The van der Waals surface area contributed by atoms with Gasteiger partial charge in [0, 0.05) is 29.8 Å². The van der Waals surface area contributed by atoms with Gasteiger partial charge in [-0.05, 0) is 30.2 Å². The molecule has 0 unspecified atom stereocenters. The van der Waals surface area contributed by atoms with Crippen molar-refractivity contribution in [3.05, 3.63) is 60.6 Å². The quantitative estimate of drug-likeness (QED) is 0.520. The smallest absolute Gasteiger partial charge is 0.220 e. The lowest BCUT2D eigenvalue weighted by molar-refractivity contribution is 0.268. The molecule has 5 rings (SSSR count). The van der Waals surface area contributed by atoms with Gasteiger partial charge in [0.25, 0.3) is 0 Å². The minimum Gasteiger partial charge on any atom is -0.394 e. The largest absolute Gasteiger partial charge is 0.394 e. The van der Waals surface area contributed by atoms with Crippen LogP contribution in [-0.4, -0.2) is 37.7 Å². The van der Waals surface area contributed by atoms with Gasteiger partial charge in [0.05, 0.1) is 29.4 Å². The maximum Gasteiger partial charge on any atom is 0.220 e. The summed E-state index contributed by atoms with van der Waals surface area (Å²) >= 11 is 0. The number of fused-ring (bicyclic) bond motifs is 2. The predicted molar refractivity (Wildman–Crippen MR) is 105 cm³/mol. The molecule has 134 valence electrons. The van der Waals surface area contributed by atoms with Crippen LogP contribution in [0.1, 0.15) is 5.56 Å². The number of aliphatic hydroxyl groups excluding tert-OH is 1. The van der Waals surface area contributed by atoms with Crippen molar-refractivity contribution >= 4 is 28.4 Å². The van der Waals surface area contributed by atoms with E-state index in [4.69, 9.17) is 5.73 Å². The molecule has 27 heavy (non-hydrogen) atoms. The van der Waals surface area contributed by atoms with E-state index in [1.165, 1.54) is 5.56 Å². The minimum atomic E-state index is -0.0220. The molecule has 7 nitrogen and oxygen atoms in total. The Bertz CT molecular complexity index is 1140. The van der Waals surface area contributed by atoms with Crippen molar-refractivity contribution in [2.24, 2.45) is 0 Å². The molecule has 0 saturated heterocycles. The molecule has 0 fully saturated rings. The van der Waals surface area contributed by atoms with Crippen LogP contribution in [0.5, 0.6) is 0 Å². The van der Waals surface area contributed by atoms with Gasteiger partial charge in [-0.25, -0.2) is 15.0 Å². The predicted octanol–water partition coefficient (Wildman–Crippen LogP) is 2.66. The summed E-state index contributed by atoms with van der Waals surface area (Å²) in [4.78, 5) is 18.2. The molecule has 0 spiro atoms. The fraction of sp³-hybridized carbons (Fsp3) is 0.150. The normalized spacial score (nSPS) is 16.0. The van der Waals surface area contributed by atoms with E-state index < -0.39 is 0 Å². The number of hydrogen-bond acceptors (Lipinski definition) is 6. The van der Waals surface area contributed by atoms with E-state index in [0.717, 1.165) is 40.1 Å². The molecular formula is C20H18N6O.